The van der Waals surface area contributed by atoms with E-state index < -0.39 is 0 Å². The second-order valence-electron chi connectivity index (χ2n) is 16.7. The van der Waals surface area contributed by atoms with Crippen molar-refractivity contribution in [3.05, 3.63) is 95.3 Å². The zero-order valence-corrected chi connectivity index (χ0v) is 34.6. The summed E-state index contributed by atoms with van der Waals surface area (Å²) in [6, 6.07) is 20.3. The first-order valence-corrected chi connectivity index (χ1v) is 20.5. The highest BCUT2D eigenvalue weighted by Gasteiger charge is 2.30. The molecule has 2 aromatic heterocycles. The standard InChI is InChI=1S/C43H58N10O2.CH2O2/c1-30-12-8-9-23-52(30)42-49-48-40-20-17-33(29-53(40)42)55-37-19-18-36(34-15-6-7-16-35(34)37)46-41(54)47-39(27-38(44)43(2,3)4)45-32-14-10-13-31(26-32)28-51-22-11-21-50(5)24-25-51;2-1-3/h6-7,10,13-17,20,26-27,29-30,36-37H,8-9,11-12,18-19,21-25,28,44H2,1-5H3,(H2,45,46,47,54);1H,(H,2,3)/t30-,36-,37+;/m0./s1. The Labute approximate surface area is 342 Å². The molecule has 14 heteroatoms. The van der Waals surface area contributed by atoms with Crippen molar-refractivity contribution in [1.82, 2.24) is 35.0 Å². The Morgan fingerprint density at radius 1 is 0.966 bits per heavy atom. The van der Waals surface area contributed by atoms with Gasteiger partial charge in [-0.1, -0.05) is 57.2 Å². The number of nitrogens with zero attached hydrogens (tertiary/aromatic N) is 7. The lowest BCUT2D eigenvalue weighted by atomic mass is 9.85. The van der Waals surface area contributed by atoms with Crippen molar-refractivity contribution in [2.75, 3.05) is 44.7 Å². The summed E-state index contributed by atoms with van der Waals surface area (Å²) in [5.41, 5.74) is 11.7. The van der Waals surface area contributed by atoms with Gasteiger partial charge in [0, 0.05) is 49.4 Å². The van der Waals surface area contributed by atoms with Crippen LogP contribution in [-0.2, 0) is 11.3 Å². The average molecular weight is 793 g/mol. The van der Waals surface area contributed by atoms with Gasteiger partial charge >= 0.3 is 6.03 Å². The van der Waals surface area contributed by atoms with Crippen molar-refractivity contribution in [3.8, 4) is 5.75 Å². The van der Waals surface area contributed by atoms with Crippen LogP contribution in [0.25, 0.3) is 5.65 Å². The van der Waals surface area contributed by atoms with E-state index in [4.69, 9.17) is 25.4 Å². The summed E-state index contributed by atoms with van der Waals surface area (Å²) in [6.07, 6.45) is 9.77. The number of carboxylic acid groups (broad SMARTS) is 1. The fourth-order valence-corrected chi connectivity index (χ4v) is 7.86. The number of aliphatic imine (C=N–C) groups is 1. The van der Waals surface area contributed by atoms with Crippen LogP contribution in [0.2, 0.25) is 0 Å². The average Bonchev–Trinajstić information content (AvgIpc) is 3.50. The lowest BCUT2D eigenvalue weighted by Crippen LogP contribution is -2.42. The number of nitrogens with one attached hydrogen (secondary N) is 2. The van der Waals surface area contributed by atoms with Crippen molar-refractivity contribution in [2.24, 2.45) is 16.1 Å². The van der Waals surface area contributed by atoms with Crippen LogP contribution < -0.4 is 26.0 Å². The molecule has 14 nitrogen and oxygen atoms in total. The van der Waals surface area contributed by atoms with Gasteiger partial charge in [0.2, 0.25) is 5.95 Å². The minimum atomic E-state index is -0.335. The first-order valence-electron chi connectivity index (χ1n) is 20.5. The second kappa shape index (κ2) is 19.3. The molecular weight excluding hydrogens is 733 g/mol. The number of piperidine rings is 1. The molecule has 310 valence electrons. The quantitative estimate of drug-likeness (QED) is 0.0846. The molecule has 0 saturated carbocycles. The van der Waals surface area contributed by atoms with Gasteiger partial charge in [-0.25, -0.2) is 9.79 Å². The van der Waals surface area contributed by atoms with E-state index in [2.05, 4.69) is 73.8 Å². The summed E-state index contributed by atoms with van der Waals surface area (Å²) in [7, 11) is 2.19. The van der Waals surface area contributed by atoms with Crippen LogP contribution in [0.15, 0.2) is 83.6 Å². The molecule has 3 aliphatic rings. The van der Waals surface area contributed by atoms with Gasteiger partial charge in [0.1, 0.15) is 17.7 Å². The second-order valence-corrected chi connectivity index (χ2v) is 16.7. The summed E-state index contributed by atoms with van der Waals surface area (Å²) in [6.45, 7) is 14.3. The van der Waals surface area contributed by atoms with E-state index in [0.717, 1.165) is 99.1 Å². The molecular formula is C44H60N10O4. The SMILES string of the molecule is C[C@H]1CCCCN1c1nnc2ccc(O[C@@H]3CC[C@H](NC(=O)NC(C=C(N)C(C)(C)C)=Nc4cccc(CN5CCCN(C)CC5)c4)c4ccccc43)cn12.O=CO. The Morgan fingerprint density at radius 2 is 1.76 bits per heavy atom. The van der Waals surface area contributed by atoms with Crippen molar-refractivity contribution < 1.29 is 19.4 Å². The number of carbonyl (C=O) groups excluding carboxylic acids is 1. The topological polar surface area (TPSA) is 166 Å². The third-order valence-corrected chi connectivity index (χ3v) is 11.2. The molecule has 5 N–H and O–H groups in total. The molecule has 2 saturated heterocycles. The Bertz CT molecular complexity index is 2070. The highest BCUT2D eigenvalue weighted by atomic mass is 16.5. The third kappa shape index (κ3) is 10.9. The Hall–Kier alpha value is -5.47. The van der Waals surface area contributed by atoms with E-state index >= 15 is 0 Å². The lowest BCUT2D eigenvalue weighted by molar-refractivity contribution is -0.122. The summed E-state index contributed by atoms with van der Waals surface area (Å²) < 4.78 is 8.73. The van der Waals surface area contributed by atoms with E-state index in [1.54, 1.807) is 6.08 Å². The molecule has 4 heterocycles. The number of urea groups is 1. The van der Waals surface area contributed by atoms with Crippen molar-refractivity contribution in [1.29, 1.82) is 0 Å². The van der Waals surface area contributed by atoms with E-state index in [1.807, 2.05) is 67.8 Å². The van der Waals surface area contributed by atoms with Gasteiger partial charge in [0.25, 0.3) is 6.47 Å². The number of rotatable bonds is 8. The number of ether oxygens (including phenoxy) is 1. The maximum absolute atomic E-state index is 13.8. The number of benzene rings is 2. The highest BCUT2D eigenvalue weighted by molar-refractivity contribution is 6.05. The van der Waals surface area contributed by atoms with Gasteiger partial charge in [-0.3, -0.25) is 19.4 Å². The van der Waals surface area contributed by atoms with Crippen molar-refractivity contribution in [3.63, 3.8) is 0 Å². The van der Waals surface area contributed by atoms with E-state index in [0.29, 0.717) is 24.0 Å². The number of pyridine rings is 1. The van der Waals surface area contributed by atoms with Gasteiger partial charge in [-0.15, -0.1) is 10.2 Å². The molecule has 4 aromatic rings. The van der Waals surface area contributed by atoms with E-state index in [1.165, 1.54) is 12.0 Å². The molecule has 2 fully saturated rings. The number of allylic oxidation sites excluding steroid dienone is 1. The van der Waals surface area contributed by atoms with Crippen LogP contribution >= 0.6 is 0 Å². The molecule has 0 spiro atoms. The Morgan fingerprint density at radius 3 is 2.53 bits per heavy atom. The van der Waals surface area contributed by atoms with Crippen LogP contribution in [0.1, 0.15) is 95.1 Å². The third-order valence-electron chi connectivity index (χ3n) is 11.2. The van der Waals surface area contributed by atoms with Crippen LogP contribution in [-0.4, -0.2) is 93.7 Å². The van der Waals surface area contributed by atoms with Gasteiger partial charge in [0.15, 0.2) is 5.65 Å². The van der Waals surface area contributed by atoms with Crippen LogP contribution in [0.3, 0.4) is 0 Å². The smallest absolute Gasteiger partial charge is 0.320 e. The number of likely N-dealkylation sites (N-methyl/N-ethyl adjacent to an activating group) is 1. The molecule has 2 aromatic carbocycles. The number of amides is 2. The van der Waals surface area contributed by atoms with Crippen LogP contribution in [0.5, 0.6) is 5.75 Å². The maximum Gasteiger partial charge on any atom is 0.320 e. The molecule has 1 aliphatic carbocycles. The van der Waals surface area contributed by atoms with Crippen LogP contribution in [0.4, 0.5) is 16.4 Å². The molecule has 2 aliphatic heterocycles. The van der Waals surface area contributed by atoms with E-state index in [-0.39, 0.29) is 30.1 Å². The number of anilines is 1. The normalized spacial score (nSPS) is 21.0. The molecule has 3 atom stereocenters. The molecule has 0 unspecified atom stereocenters. The largest absolute Gasteiger partial charge is 0.484 e. The molecule has 0 bridgehead atoms. The number of nitrogens with two attached hydrogens (primary N) is 1. The van der Waals surface area contributed by atoms with Crippen molar-refractivity contribution >= 4 is 35.6 Å². The van der Waals surface area contributed by atoms with Gasteiger partial charge in [-0.2, -0.15) is 0 Å². The zero-order chi connectivity index (χ0) is 41.2. The summed E-state index contributed by atoms with van der Waals surface area (Å²) in [5.74, 6) is 2.02. The molecule has 58 heavy (non-hydrogen) atoms. The lowest BCUT2D eigenvalue weighted by Gasteiger charge is -2.33. The van der Waals surface area contributed by atoms with E-state index in [9.17, 15) is 4.79 Å². The predicted molar refractivity (Wildman–Crippen MR) is 228 cm³/mol. The summed E-state index contributed by atoms with van der Waals surface area (Å²) in [5, 5.41) is 22.2. The molecule has 7 rings (SSSR count). The minimum absolute atomic E-state index is 0.169. The van der Waals surface area contributed by atoms with Crippen molar-refractivity contribution in [2.45, 2.75) is 91.0 Å². The fraction of sp³-hybridized carbons (Fsp3) is 0.477. The minimum Gasteiger partial charge on any atom is -0.484 e. The summed E-state index contributed by atoms with van der Waals surface area (Å²) >= 11 is 0. The van der Waals surface area contributed by atoms with Gasteiger partial charge in [-0.05, 0) is 107 Å². The molecule has 0 radical (unpaired) electrons. The first-order chi connectivity index (χ1) is 27.9. The first kappa shape index (κ1) is 42.1. The number of hydrogen-bond donors (Lipinski definition) is 4. The number of aromatic nitrogens is 3. The Balaban J connectivity index is 0.00000183. The maximum atomic E-state index is 13.8. The van der Waals surface area contributed by atoms with Crippen LogP contribution in [0, 0.1) is 5.41 Å². The number of hydrogen-bond acceptors (Lipinski definition) is 10. The monoisotopic (exact) mass is 792 g/mol. The Kier molecular flexibility index (Phi) is 14.0. The number of amidine groups is 1. The summed E-state index contributed by atoms with van der Waals surface area (Å²) in [4.78, 5) is 34.3. The predicted octanol–water partition coefficient (Wildman–Crippen LogP) is 6.82. The zero-order valence-electron chi connectivity index (χ0n) is 34.6. The number of fused-ring (bicyclic) bond motifs is 2. The highest BCUT2D eigenvalue weighted by Crippen LogP contribution is 2.39. The number of carbonyl (C=O) groups is 2. The fourth-order valence-electron chi connectivity index (χ4n) is 7.86. The van der Waals surface area contributed by atoms with Gasteiger partial charge < -0.3 is 30.7 Å². The molecule has 2 amide bonds. The van der Waals surface area contributed by atoms with Gasteiger partial charge in [0.05, 0.1) is 17.9 Å².